The quantitative estimate of drug-likeness (QED) is 0.455. The molecule has 1 amide bonds. The van der Waals surface area contributed by atoms with Crippen LogP contribution < -0.4 is 11.1 Å². The van der Waals surface area contributed by atoms with Crippen LogP contribution in [0.25, 0.3) is 0 Å². The van der Waals surface area contributed by atoms with Gasteiger partial charge in [0, 0.05) is 0 Å². The molecule has 20 heavy (non-hydrogen) atoms. The fourth-order valence-corrected chi connectivity index (χ4v) is 1.81. The Morgan fingerprint density at radius 2 is 2.15 bits per heavy atom. The second-order valence-corrected chi connectivity index (χ2v) is 4.36. The molecule has 0 saturated heterocycles. The zero-order valence-corrected chi connectivity index (χ0v) is 11.2. The Morgan fingerprint density at radius 3 is 2.65 bits per heavy atom. The number of amides is 1. The lowest BCUT2D eigenvalue weighted by atomic mass is 9.98. The number of aliphatic carboxylic acids is 1. The molecule has 1 rings (SSSR count). The molecule has 110 valence electrons. The number of methoxy groups -OCH3 is 1. The number of carbonyl (C=O) groups is 3. The molecule has 0 aromatic rings. The molecule has 0 fully saturated rings. The van der Waals surface area contributed by atoms with Crippen molar-refractivity contribution in [3.05, 3.63) is 23.8 Å². The van der Waals surface area contributed by atoms with E-state index in [1.807, 2.05) is 18.2 Å². The van der Waals surface area contributed by atoms with Crippen LogP contribution >= 0.6 is 0 Å². The van der Waals surface area contributed by atoms with Gasteiger partial charge in [-0.15, -0.1) is 0 Å². The molecule has 0 radical (unpaired) electrons. The zero-order valence-electron chi connectivity index (χ0n) is 11.2. The van der Waals surface area contributed by atoms with Gasteiger partial charge in [0.1, 0.15) is 6.04 Å². The highest BCUT2D eigenvalue weighted by Gasteiger charge is 2.28. The summed E-state index contributed by atoms with van der Waals surface area (Å²) in [6.45, 7) is 0. The molecular formula is C13H18N2O5. The predicted molar refractivity (Wildman–Crippen MR) is 70.6 cm³/mol. The first-order valence-corrected chi connectivity index (χ1v) is 6.15. The molecule has 1 aliphatic carbocycles. The minimum atomic E-state index is -1.21. The standard InChI is InChI=1S/C13H18N2O5/c1-20-13(19)11(8-5-3-2-4-6-8)15-12(18)9(14)7-10(16)17/h2-3,6,9,11H,4-5,7,14H2,1H3,(H,15,18)(H,16,17)/t9-,11-/m0/s1. The van der Waals surface area contributed by atoms with Crippen LogP contribution in [-0.2, 0) is 19.1 Å². The number of ether oxygens (including phenoxy) is 1. The fraction of sp³-hybridized carbons (Fsp3) is 0.462. The Balaban J connectivity index is 2.75. The van der Waals surface area contributed by atoms with E-state index in [0.717, 1.165) is 0 Å². The molecule has 1 aliphatic rings. The fourth-order valence-electron chi connectivity index (χ4n) is 1.81. The lowest BCUT2D eigenvalue weighted by Gasteiger charge is -2.22. The van der Waals surface area contributed by atoms with Gasteiger partial charge >= 0.3 is 11.9 Å². The molecule has 0 aromatic heterocycles. The molecule has 0 aromatic carbocycles. The highest BCUT2D eigenvalue weighted by atomic mass is 16.5. The molecule has 0 spiro atoms. The van der Waals surface area contributed by atoms with Crippen molar-refractivity contribution >= 4 is 17.8 Å². The molecule has 7 nitrogen and oxygen atoms in total. The van der Waals surface area contributed by atoms with Crippen molar-refractivity contribution in [3.8, 4) is 0 Å². The summed E-state index contributed by atoms with van der Waals surface area (Å²) in [4.78, 5) is 34.1. The second-order valence-electron chi connectivity index (χ2n) is 4.36. The van der Waals surface area contributed by atoms with Gasteiger partial charge in [0.15, 0.2) is 0 Å². The smallest absolute Gasteiger partial charge is 0.332 e. The first-order valence-electron chi connectivity index (χ1n) is 6.15. The van der Waals surface area contributed by atoms with E-state index in [0.29, 0.717) is 18.4 Å². The number of nitrogens with two attached hydrogens (primary N) is 1. The molecule has 7 heteroatoms. The number of carboxylic acid groups (broad SMARTS) is 1. The maximum Gasteiger partial charge on any atom is 0.332 e. The van der Waals surface area contributed by atoms with Crippen molar-refractivity contribution in [2.45, 2.75) is 31.3 Å². The number of hydrogen-bond donors (Lipinski definition) is 3. The van der Waals surface area contributed by atoms with E-state index in [4.69, 9.17) is 10.8 Å². The first-order chi connectivity index (χ1) is 9.45. The van der Waals surface area contributed by atoms with Crippen LogP contribution in [0.5, 0.6) is 0 Å². The minimum absolute atomic E-state index is 0.501. The predicted octanol–water partition coefficient (Wildman–Crippen LogP) is -0.277. The molecule has 0 aliphatic heterocycles. The van der Waals surface area contributed by atoms with Gasteiger partial charge in [-0.1, -0.05) is 18.2 Å². The summed E-state index contributed by atoms with van der Waals surface area (Å²) in [6.07, 6.45) is 6.34. The lowest BCUT2D eigenvalue weighted by Crippen LogP contribution is -2.50. The van der Waals surface area contributed by atoms with Crippen molar-refractivity contribution < 1.29 is 24.2 Å². The maximum absolute atomic E-state index is 11.8. The number of carboxylic acids is 1. The maximum atomic E-state index is 11.8. The monoisotopic (exact) mass is 282 g/mol. The SMILES string of the molecule is COC(=O)[C@@H](NC(=O)[C@@H](N)CC(=O)O)C1=CCC=CC1. The van der Waals surface area contributed by atoms with E-state index in [-0.39, 0.29) is 0 Å². The van der Waals surface area contributed by atoms with Crippen molar-refractivity contribution in [2.24, 2.45) is 5.73 Å². The Bertz CT molecular complexity index is 456. The summed E-state index contributed by atoms with van der Waals surface area (Å²) >= 11 is 0. The minimum Gasteiger partial charge on any atom is -0.481 e. The van der Waals surface area contributed by atoms with Gasteiger partial charge in [0.2, 0.25) is 5.91 Å². The van der Waals surface area contributed by atoms with Gasteiger partial charge in [-0.25, -0.2) is 4.79 Å². The number of hydrogen-bond acceptors (Lipinski definition) is 5. The van der Waals surface area contributed by atoms with Crippen LogP contribution in [0.15, 0.2) is 23.8 Å². The van der Waals surface area contributed by atoms with Crippen molar-refractivity contribution in [1.82, 2.24) is 5.32 Å². The van der Waals surface area contributed by atoms with E-state index in [1.165, 1.54) is 7.11 Å². The van der Waals surface area contributed by atoms with Gasteiger partial charge < -0.3 is 20.9 Å². The third-order valence-corrected chi connectivity index (χ3v) is 2.86. The molecule has 0 unspecified atom stereocenters. The summed E-state index contributed by atoms with van der Waals surface area (Å²) in [5.41, 5.74) is 6.16. The average molecular weight is 282 g/mol. The zero-order chi connectivity index (χ0) is 15.1. The van der Waals surface area contributed by atoms with Gasteiger partial charge in [0.05, 0.1) is 19.6 Å². The average Bonchev–Trinajstić information content (AvgIpc) is 2.43. The first kappa shape index (κ1) is 15.9. The van der Waals surface area contributed by atoms with Crippen molar-refractivity contribution in [2.75, 3.05) is 7.11 Å². The summed E-state index contributed by atoms with van der Waals surface area (Å²) < 4.78 is 4.65. The second kappa shape index (κ2) is 7.44. The van der Waals surface area contributed by atoms with Crippen LogP contribution in [0.1, 0.15) is 19.3 Å². The molecule has 2 atom stereocenters. The topological polar surface area (TPSA) is 119 Å². The third-order valence-electron chi connectivity index (χ3n) is 2.86. The van der Waals surface area contributed by atoms with E-state index >= 15 is 0 Å². The van der Waals surface area contributed by atoms with Gasteiger partial charge in [0.25, 0.3) is 0 Å². The summed E-state index contributed by atoms with van der Waals surface area (Å²) in [5.74, 6) is -2.48. The van der Waals surface area contributed by atoms with Crippen LogP contribution in [0.4, 0.5) is 0 Å². The van der Waals surface area contributed by atoms with E-state index < -0.39 is 36.4 Å². The molecule has 0 saturated carbocycles. The number of allylic oxidation sites excluding steroid dienone is 3. The number of carbonyl (C=O) groups excluding carboxylic acids is 2. The summed E-state index contributed by atoms with van der Waals surface area (Å²) in [6, 6.07) is -2.14. The van der Waals surface area contributed by atoms with Crippen LogP contribution in [-0.4, -0.2) is 42.1 Å². The molecule has 4 N–H and O–H groups in total. The van der Waals surface area contributed by atoms with Crippen LogP contribution in [0.3, 0.4) is 0 Å². The van der Waals surface area contributed by atoms with E-state index in [1.54, 1.807) is 0 Å². The van der Waals surface area contributed by atoms with E-state index in [9.17, 15) is 14.4 Å². The Hall–Kier alpha value is -2.15. The van der Waals surface area contributed by atoms with Crippen LogP contribution in [0, 0.1) is 0 Å². The largest absolute Gasteiger partial charge is 0.481 e. The Labute approximate surface area is 116 Å². The highest BCUT2D eigenvalue weighted by Crippen LogP contribution is 2.16. The van der Waals surface area contributed by atoms with Gasteiger partial charge in [-0.3, -0.25) is 9.59 Å². The molecule has 0 heterocycles. The normalized spacial score (nSPS) is 16.8. The van der Waals surface area contributed by atoms with Crippen molar-refractivity contribution in [1.29, 1.82) is 0 Å². The highest BCUT2D eigenvalue weighted by molar-refractivity contribution is 5.91. The number of esters is 1. The Morgan fingerprint density at radius 1 is 1.45 bits per heavy atom. The molecular weight excluding hydrogens is 264 g/mol. The number of rotatable bonds is 6. The summed E-state index contributed by atoms with van der Waals surface area (Å²) in [5, 5.41) is 11.0. The number of nitrogens with one attached hydrogen (secondary N) is 1. The lowest BCUT2D eigenvalue weighted by molar-refractivity contribution is -0.144. The Kier molecular flexibility index (Phi) is 5.92. The van der Waals surface area contributed by atoms with E-state index in [2.05, 4.69) is 10.1 Å². The van der Waals surface area contributed by atoms with Crippen LogP contribution in [0.2, 0.25) is 0 Å². The molecule has 0 bridgehead atoms. The van der Waals surface area contributed by atoms with Gasteiger partial charge in [-0.2, -0.15) is 0 Å². The van der Waals surface area contributed by atoms with Crippen molar-refractivity contribution in [3.63, 3.8) is 0 Å². The van der Waals surface area contributed by atoms with Gasteiger partial charge in [-0.05, 0) is 18.4 Å². The third kappa shape index (κ3) is 4.51. The summed E-state index contributed by atoms with van der Waals surface area (Å²) in [7, 11) is 1.22.